The largest absolute Gasteiger partial charge is 0.466 e. The number of esters is 1. The van der Waals surface area contributed by atoms with Crippen molar-refractivity contribution >= 4 is 5.97 Å². The number of nitrogens with one attached hydrogen (secondary N) is 1. The first-order valence-electron chi connectivity index (χ1n) is 7.94. The molecule has 1 aliphatic carbocycles. The summed E-state index contributed by atoms with van der Waals surface area (Å²) in [6, 6.07) is 0.771. The van der Waals surface area contributed by atoms with Crippen LogP contribution in [0.25, 0.3) is 0 Å². The van der Waals surface area contributed by atoms with E-state index in [1.165, 1.54) is 5.56 Å². The zero-order valence-corrected chi connectivity index (χ0v) is 13.6. The van der Waals surface area contributed by atoms with Gasteiger partial charge in [0.15, 0.2) is 0 Å². The molecule has 1 saturated carbocycles. The topological polar surface area (TPSA) is 56.1 Å². The first-order chi connectivity index (χ1) is 10.0. The van der Waals surface area contributed by atoms with Gasteiger partial charge in [-0.3, -0.25) is 9.48 Å². The number of rotatable bonds is 5. The third-order valence-electron chi connectivity index (χ3n) is 4.35. The van der Waals surface area contributed by atoms with E-state index in [9.17, 15) is 4.79 Å². The molecule has 1 atom stereocenters. The van der Waals surface area contributed by atoms with Crippen LogP contribution < -0.4 is 5.32 Å². The Morgan fingerprint density at radius 3 is 2.67 bits per heavy atom. The van der Waals surface area contributed by atoms with E-state index in [0.717, 1.165) is 31.4 Å². The van der Waals surface area contributed by atoms with Crippen molar-refractivity contribution in [2.75, 3.05) is 6.61 Å². The second-order valence-electron chi connectivity index (χ2n) is 6.03. The molecule has 0 aliphatic heterocycles. The number of ether oxygens (including phenoxy) is 1. The molecule has 0 spiro atoms. The molecule has 0 radical (unpaired) electrons. The maximum Gasteiger partial charge on any atom is 0.308 e. The van der Waals surface area contributed by atoms with E-state index < -0.39 is 0 Å². The molecule has 1 aromatic heterocycles. The smallest absolute Gasteiger partial charge is 0.308 e. The normalized spacial score (nSPS) is 23.8. The van der Waals surface area contributed by atoms with E-state index in [1.807, 2.05) is 25.6 Å². The van der Waals surface area contributed by atoms with Crippen LogP contribution in [0.15, 0.2) is 6.20 Å². The fourth-order valence-electron chi connectivity index (χ4n) is 3.24. The third-order valence-corrected chi connectivity index (χ3v) is 4.35. The fourth-order valence-corrected chi connectivity index (χ4v) is 3.24. The standard InChI is InChI=1S/C16H27N3O2/c1-5-21-16(20)13-6-8-14(9-7-13)17-11(2)15-10-19(4)18-12(15)3/h10-11,13-14,17H,5-9H2,1-4H3. The monoisotopic (exact) mass is 293 g/mol. The average Bonchev–Trinajstić information content (AvgIpc) is 2.79. The van der Waals surface area contributed by atoms with Crippen molar-refractivity contribution in [1.29, 1.82) is 0 Å². The van der Waals surface area contributed by atoms with Gasteiger partial charge in [-0.1, -0.05) is 0 Å². The highest BCUT2D eigenvalue weighted by Gasteiger charge is 2.28. The molecule has 1 heterocycles. The van der Waals surface area contributed by atoms with E-state index in [2.05, 4.69) is 23.5 Å². The fraction of sp³-hybridized carbons (Fsp3) is 0.750. The molecule has 118 valence electrons. The third kappa shape index (κ3) is 4.06. The SMILES string of the molecule is CCOC(=O)C1CCC(NC(C)c2cn(C)nc2C)CC1. The lowest BCUT2D eigenvalue weighted by Crippen LogP contribution is -2.36. The van der Waals surface area contributed by atoms with E-state index >= 15 is 0 Å². The van der Waals surface area contributed by atoms with Crippen molar-refractivity contribution in [1.82, 2.24) is 15.1 Å². The molecular formula is C16H27N3O2. The minimum absolute atomic E-state index is 0.0212. The molecule has 0 amide bonds. The van der Waals surface area contributed by atoms with Gasteiger partial charge in [-0.05, 0) is 46.5 Å². The molecule has 1 aromatic rings. The zero-order valence-electron chi connectivity index (χ0n) is 13.6. The molecule has 0 saturated heterocycles. The maximum absolute atomic E-state index is 11.7. The molecule has 5 heteroatoms. The van der Waals surface area contributed by atoms with Crippen LogP contribution in [-0.2, 0) is 16.6 Å². The summed E-state index contributed by atoms with van der Waals surface area (Å²) in [6.07, 6.45) is 6.00. The summed E-state index contributed by atoms with van der Waals surface area (Å²) in [5.74, 6) is 0.0746. The highest BCUT2D eigenvalue weighted by molar-refractivity contribution is 5.72. The summed E-state index contributed by atoms with van der Waals surface area (Å²) in [7, 11) is 1.95. The maximum atomic E-state index is 11.7. The molecule has 1 aliphatic rings. The molecule has 0 bridgehead atoms. The van der Waals surface area contributed by atoms with E-state index in [1.54, 1.807) is 0 Å². The lowest BCUT2D eigenvalue weighted by molar-refractivity contribution is -0.149. The predicted octanol–water partition coefficient (Wildman–Crippen LogP) is 2.50. The average molecular weight is 293 g/mol. The van der Waals surface area contributed by atoms with Crippen LogP contribution in [0.5, 0.6) is 0 Å². The number of hydrogen-bond donors (Lipinski definition) is 1. The van der Waals surface area contributed by atoms with Gasteiger partial charge in [-0.25, -0.2) is 0 Å². The Morgan fingerprint density at radius 2 is 2.14 bits per heavy atom. The first-order valence-corrected chi connectivity index (χ1v) is 7.94. The molecule has 21 heavy (non-hydrogen) atoms. The quantitative estimate of drug-likeness (QED) is 0.848. The Balaban J connectivity index is 1.83. The summed E-state index contributed by atoms with van der Waals surface area (Å²) < 4.78 is 6.98. The number of nitrogens with zero attached hydrogens (tertiary/aromatic N) is 2. The van der Waals surface area contributed by atoms with E-state index in [-0.39, 0.29) is 11.9 Å². The van der Waals surface area contributed by atoms with Crippen molar-refractivity contribution in [2.45, 2.75) is 58.5 Å². The highest BCUT2D eigenvalue weighted by Crippen LogP contribution is 2.27. The predicted molar refractivity (Wildman–Crippen MR) is 81.9 cm³/mol. The lowest BCUT2D eigenvalue weighted by Gasteiger charge is -2.30. The van der Waals surface area contributed by atoms with Gasteiger partial charge >= 0.3 is 5.97 Å². The number of aryl methyl sites for hydroxylation is 2. The molecule has 2 rings (SSSR count). The number of carbonyl (C=O) groups excluding carboxylic acids is 1. The van der Waals surface area contributed by atoms with Crippen LogP contribution in [0.3, 0.4) is 0 Å². The summed E-state index contributed by atoms with van der Waals surface area (Å²) in [5, 5.41) is 8.07. The van der Waals surface area contributed by atoms with E-state index in [0.29, 0.717) is 18.7 Å². The van der Waals surface area contributed by atoms with Crippen molar-refractivity contribution in [3.63, 3.8) is 0 Å². The Morgan fingerprint density at radius 1 is 1.48 bits per heavy atom. The molecule has 1 fully saturated rings. The summed E-state index contributed by atoms with van der Waals surface area (Å²) in [5.41, 5.74) is 2.34. The molecule has 0 aromatic carbocycles. The number of aromatic nitrogens is 2. The zero-order chi connectivity index (χ0) is 15.4. The van der Waals surface area contributed by atoms with Crippen molar-refractivity contribution in [3.05, 3.63) is 17.5 Å². The van der Waals surface area contributed by atoms with Gasteiger partial charge in [0.1, 0.15) is 0 Å². The second-order valence-corrected chi connectivity index (χ2v) is 6.03. The van der Waals surface area contributed by atoms with Crippen LogP contribution in [-0.4, -0.2) is 28.4 Å². The van der Waals surface area contributed by atoms with Crippen LogP contribution in [0, 0.1) is 12.8 Å². The number of hydrogen-bond acceptors (Lipinski definition) is 4. The lowest BCUT2D eigenvalue weighted by atomic mass is 9.85. The minimum Gasteiger partial charge on any atom is -0.466 e. The van der Waals surface area contributed by atoms with Crippen LogP contribution >= 0.6 is 0 Å². The number of carbonyl (C=O) groups is 1. The van der Waals surface area contributed by atoms with Gasteiger partial charge in [0.25, 0.3) is 0 Å². The van der Waals surface area contributed by atoms with Gasteiger partial charge in [0, 0.05) is 30.9 Å². The Bertz CT molecular complexity index is 476. The van der Waals surface area contributed by atoms with Crippen molar-refractivity contribution < 1.29 is 9.53 Å². The van der Waals surface area contributed by atoms with Crippen LogP contribution in [0.2, 0.25) is 0 Å². The molecule has 5 nitrogen and oxygen atoms in total. The van der Waals surface area contributed by atoms with Gasteiger partial charge in [-0.15, -0.1) is 0 Å². The van der Waals surface area contributed by atoms with Crippen molar-refractivity contribution in [3.8, 4) is 0 Å². The Kier molecular flexibility index (Phi) is 5.39. The molecular weight excluding hydrogens is 266 g/mol. The Hall–Kier alpha value is -1.36. The molecule has 1 N–H and O–H groups in total. The van der Waals surface area contributed by atoms with Gasteiger partial charge in [0.2, 0.25) is 0 Å². The van der Waals surface area contributed by atoms with Gasteiger partial charge < -0.3 is 10.1 Å². The summed E-state index contributed by atoms with van der Waals surface area (Å²) >= 11 is 0. The van der Waals surface area contributed by atoms with Gasteiger partial charge in [-0.2, -0.15) is 5.10 Å². The molecule has 1 unspecified atom stereocenters. The Labute approximate surface area is 127 Å². The van der Waals surface area contributed by atoms with Gasteiger partial charge in [0.05, 0.1) is 18.2 Å². The van der Waals surface area contributed by atoms with E-state index in [4.69, 9.17) is 4.74 Å². The summed E-state index contributed by atoms with van der Waals surface area (Å²) in [6.45, 7) is 6.57. The summed E-state index contributed by atoms with van der Waals surface area (Å²) in [4.78, 5) is 11.7. The second kappa shape index (κ2) is 7.07. The highest BCUT2D eigenvalue weighted by atomic mass is 16.5. The van der Waals surface area contributed by atoms with Crippen molar-refractivity contribution in [2.24, 2.45) is 13.0 Å². The van der Waals surface area contributed by atoms with Crippen LogP contribution in [0.1, 0.15) is 56.8 Å². The minimum atomic E-state index is -0.0212. The first kappa shape index (κ1) is 16.0. The van der Waals surface area contributed by atoms with Crippen LogP contribution in [0.4, 0.5) is 0 Å².